The number of aliphatic carboxylic acids is 1. The maximum Gasteiger partial charge on any atom is 0.308 e. The molecule has 74 valence electrons. The molecule has 0 saturated carbocycles. The van der Waals surface area contributed by atoms with Crippen LogP contribution in [0.2, 0.25) is 0 Å². The van der Waals surface area contributed by atoms with Crippen LogP contribution in [0.25, 0.3) is 0 Å². The summed E-state index contributed by atoms with van der Waals surface area (Å²) >= 11 is 0. The molecule has 0 aromatic carbocycles. The Hall–Kier alpha value is -0.420. The first-order valence-electron chi connectivity index (χ1n) is 4.46. The van der Waals surface area contributed by atoms with E-state index in [4.69, 9.17) is 5.11 Å². The minimum atomic E-state index is -1.01. The summed E-state index contributed by atoms with van der Waals surface area (Å²) in [6.07, 6.45) is 4.21. The van der Waals surface area contributed by atoms with E-state index in [1.807, 2.05) is 4.31 Å². The molecule has 0 aliphatic carbocycles. The second kappa shape index (κ2) is 3.06. The summed E-state index contributed by atoms with van der Waals surface area (Å²) in [6.45, 7) is 0. The molecule has 2 aliphatic rings. The van der Waals surface area contributed by atoms with Crippen molar-refractivity contribution in [3.8, 4) is 0 Å². The summed E-state index contributed by atoms with van der Waals surface area (Å²) in [7, 11) is -1.01. The molecule has 2 saturated heterocycles. The summed E-state index contributed by atoms with van der Waals surface area (Å²) in [5, 5.41) is 8.91. The van der Waals surface area contributed by atoms with Gasteiger partial charge in [0.25, 0.3) is 0 Å². The lowest BCUT2D eigenvalue weighted by Crippen LogP contribution is -2.33. The molecular formula is C8H13NO3S. The van der Waals surface area contributed by atoms with Crippen molar-refractivity contribution in [3.05, 3.63) is 0 Å². The van der Waals surface area contributed by atoms with Crippen molar-refractivity contribution in [3.63, 3.8) is 0 Å². The van der Waals surface area contributed by atoms with Gasteiger partial charge in [0.15, 0.2) is 0 Å². The average molecular weight is 203 g/mol. The number of carbonyl (C=O) groups is 1. The summed E-state index contributed by atoms with van der Waals surface area (Å²) in [4.78, 5) is 10.8. The number of nitrogens with zero attached hydrogens (tertiary/aromatic N) is 1. The lowest BCUT2D eigenvalue weighted by atomic mass is 9.89. The number of hydrogen-bond acceptors (Lipinski definition) is 2. The third kappa shape index (κ3) is 1.30. The number of carboxylic acid groups (broad SMARTS) is 1. The van der Waals surface area contributed by atoms with Crippen molar-refractivity contribution in [1.82, 2.24) is 4.31 Å². The molecule has 0 aromatic rings. The first-order chi connectivity index (χ1) is 6.11. The molecule has 0 amide bonds. The van der Waals surface area contributed by atoms with E-state index in [-0.39, 0.29) is 18.0 Å². The van der Waals surface area contributed by atoms with Gasteiger partial charge in [-0.25, -0.2) is 8.51 Å². The van der Waals surface area contributed by atoms with Gasteiger partial charge in [0, 0.05) is 18.3 Å². The van der Waals surface area contributed by atoms with Gasteiger partial charge < -0.3 is 5.11 Å². The molecular weight excluding hydrogens is 190 g/mol. The van der Waals surface area contributed by atoms with Gasteiger partial charge in [-0.05, 0) is 19.3 Å². The molecule has 2 aliphatic heterocycles. The van der Waals surface area contributed by atoms with Crippen LogP contribution >= 0.6 is 0 Å². The van der Waals surface area contributed by atoms with Gasteiger partial charge in [0.05, 0.1) is 16.9 Å². The lowest BCUT2D eigenvalue weighted by Gasteiger charge is -2.18. The van der Waals surface area contributed by atoms with Gasteiger partial charge >= 0.3 is 5.97 Å². The normalized spacial score (nSPS) is 40.8. The molecule has 2 heterocycles. The Bertz CT molecular complexity index is 268. The predicted octanol–water partition coefficient (Wildman–Crippen LogP) is 0.217. The molecule has 0 radical (unpaired) electrons. The number of rotatable bonds is 2. The first kappa shape index (κ1) is 9.15. The highest BCUT2D eigenvalue weighted by Crippen LogP contribution is 2.42. The number of hydrogen-bond donors (Lipinski definition) is 1. The van der Waals surface area contributed by atoms with Crippen LogP contribution in [-0.4, -0.2) is 37.9 Å². The topological polar surface area (TPSA) is 57.6 Å². The molecule has 5 heteroatoms. The molecule has 4 atom stereocenters. The number of fused-ring (bicyclic) bond motifs is 2. The Morgan fingerprint density at radius 3 is 2.62 bits per heavy atom. The van der Waals surface area contributed by atoms with Crippen LogP contribution in [-0.2, 0) is 15.8 Å². The highest BCUT2D eigenvalue weighted by molar-refractivity contribution is 7.81. The van der Waals surface area contributed by atoms with Gasteiger partial charge in [0.1, 0.15) is 0 Å². The summed E-state index contributed by atoms with van der Waals surface area (Å²) in [5.41, 5.74) is 0. The van der Waals surface area contributed by atoms with Gasteiger partial charge in [-0.1, -0.05) is 0 Å². The second-order valence-corrected chi connectivity index (χ2v) is 5.03. The lowest BCUT2D eigenvalue weighted by molar-refractivity contribution is -0.142. The zero-order valence-electron chi connectivity index (χ0n) is 7.47. The van der Waals surface area contributed by atoms with Crippen LogP contribution in [0.15, 0.2) is 0 Å². The largest absolute Gasteiger partial charge is 0.481 e. The Labute approximate surface area is 79.5 Å². The average Bonchev–Trinajstić information content (AvgIpc) is 2.58. The molecule has 2 rings (SSSR count). The summed E-state index contributed by atoms with van der Waals surface area (Å²) in [5.74, 6) is -1.02. The van der Waals surface area contributed by atoms with Crippen molar-refractivity contribution in [1.29, 1.82) is 0 Å². The molecule has 1 N–H and O–H groups in total. The Morgan fingerprint density at radius 2 is 2.23 bits per heavy atom. The Balaban J connectivity index is 2.19. The van der Waals surface area contributed by atoms with E-state index < -0.39 is 17.0 Å². The standard InChI is InChI=1S/C8H13NO3S/c1-13(12)9-5-2-3-7(9)6(4-5)8(10)11/h5-7H,2-4H2,1H3,(H,10,11). The molecule has 0 aromatic heterocycles. The third-order valence-corrected chi connectivity index (χ3v) is 4.25. The zero-order valence-corrected chi connectivity index (χ0v) is 8.29. The van der Waals surface area contributed by atoms with Crippen molar-refractivity contribution < 1.29 is 14.1 Å². The van der Waals surface area contributed by atoms with E-state index in [0.29, 0.717) is 6.42 Å². The van der Waals surface area contributed by atoms with Gasteiger partial charge in [-0.15, -0.1) is 0 Å². The highest BCUT2D eigenvalue weighted by atomic mass is 32.2. The van der Waals surface area contributed by atoms with Gasteiger partial charge in [-0.2, -0.15) is 0 Å². The van der Waals surface area contributed by atoms with Crippen molar-refractivity contribution >= 4 is 17.0 Å². The monoisotopic (exact) mass is 203 g/mol. The smallest absolute Gasteiger partial charge is 0.308 e. The quantitative estimate of drug-likeness (QED) is 0.698. The second-order valence-electron chi connectivity index (χ2n) is 3.76. The molecule has 2 bridgehead atoms. The maximum absolute atomic E-state index is 11.3. The molecule has 0 spiro atoms. The first-order valence-corrected chi connectivity index (χ1v) is 5.97. The summed E-state index contributed by atoms with van der Waals surface area (Å²) in [6, 6.07) is 0.269. The van der Waals surface area contributed by atoms with Crippen LogP contribution < -0.4 is 0 Å². The van der Waals surface area contributed by atoms with Crippen LogP contribution in [0.5, 0.6) is 0 Å². The van der Waals surface area contributed by atoms with E-state index in [1.165, 1.54) is 0 Å². The molecule has 13 heavy (non-hydrogen) atoms. The van der Waals surface area contributed by atoms with Crippen LogP contribution in [0.4, 0.5) is 0 Å². The Morgan fingerprint density at radius 1 is 1.54 bits per heavy atom. The minimum absolute atomic E-state index is 0.0216. The molecule has 4 nitrogen and oxygen atoms in total. The maximum atomic E-state index is 11.3. The van der Waals surface area contributed by atoms with Crippen molar-refractivity contribution in [2.75, 3.05) is 6.26 Å². The fourth-order valence-electron chi connectivity index (χ4n) is 2.60. The molecule has 4 unspecified atom stereocenters. The minimum Gasteiger partial charge on any atom is -0.481 e. The fraction of sp³-hybridized carbons (Fsp3) is 0.875. The number of carboxylic acids is 1. The van der Waals surface area contributed by atoms with Gasteiger partial charge in [-0.3, -0.25) is 4.79 Å². The molecule has 2 fully saturated rings. The SMILES string of the molecule is CS(=O)N1C2CCC1C(C(=O)O)C2. The van der Waals surface area contributed by atoms with Crippen molar-refractivity contribution in [2.24, 2.45) is 5.92 Å². The van der Waals surface area contributed by atoms with Crippen LogP contribution in [0.3, 0.4) is 0 Å². The van der Waals surface area contributed by atoms with E-state index in [0.717, 1.165) is 12.8 Å². The summed E-state index contributed by atoms with van der Waals surface area (Å²) < 4.78 is 13.2. The predicted molar refractivity (Wildman–Crippen MR) is 48.5 cm³/mol. The highest BCUT2D eigenvalue weighted by Gasteiger charge is 2.50. The van der Waals surface area contributed by atoms with E-state index in [9.17, 15) is 9.00 Å². The van der Waals surface area contributed by atoms with E-state index in [2.05, 4.69) is 0 Å². The van der Waals surface area contributed by atoms with Crippen LogP contribution in [0, 0.1) is 5.92 Å². The van der Waals surface area contributed by atoms with E-state index in [1.54, 1.807) is 6.26 Å². The zero-order chi connectivity index (χ0) is 9.59. The van der Waals surface area contributed by atoms with Gasteiger partial charge in [0.2, 0.25) is 0 Å². The fourth-order valence-corrected chi connectivity index (χ4v) is 3.85. The van der Waals surface area contributed by atoms with Crippen LogP contribution in [0.1, 0.15) is 19.3 Å². The van der Waals surface area contributed by atoms with E-state index >= 15 is 0 Å². The third-order valence-electron chi connectivity index (χ3n) is 3.09. The Kier molecular flexibility index (Phi) is 2.15. The van der Waals surface area contributed by atoms with Crippen molar-refractivity contribution in [2.45, 2.75) is 31.3 Å².